The van der Waals surface area contributed by atoms with E-state index in [1.807, 2.05) is 48.8 Å². The first-order valence-electron chi connectivity index (χ1n) is 6.18. The molecule has 0 bridgehead atoms. The highest BCUT2D eigenvalue weighted by molar-refractivity contribution is 7.99. The van der Waals surface area contributed by atoms with E-state index in [9.17, 15) is 0 Å². The Balaban J connectivity index is 1.76. The van der Waals surface area contributed by atoms with Gasteiger partial charge in [-0.15, -0.1) is 11.3 Å². The van der Waals surface area contributed by atoms with Crippen molar-refractivity contribution in [2.75, 3.05) is 5.32 Å². The first kappa shape index (κ1) is 13.1. The van der Waals surface area contributed by atoms with Crippen molar-refractivity contribution < 1.29 is 0 Å². The second kappa shape index (κ2) is 6.07. The lowest BCUT2D eigenvalue weighted by Crippen LogP contribution is -1.92. The molecular weight excluding hydrogens is 286 g/mol. The summed E-state index contributed by atoms with van der Waals surface area (Å²) in [6.07, 6.45) is 1.81. The van der Waals surface area contributed by atoms with Gasteiger partial charge in [-0.2, -0.15) is 0 Å². The van der Waals surface area contributed by atoms with E-state index >= 15 is 0 Å². The van der Waals surface area contributed by atoms with Gasteiger partial charge in [-0.3, -0.25) is 0 Å². The second-order valence-electron chi connectivity index (χ2n) is 4.21. The summed E-state index contributed by atoms with van der Waals surface area (Å²) in [5.41, 5.74) is 1.02. The average molecular weight is 299 g/mol. The standard InChI is InChI=1S/C15H13N3S2/c1-11-10-19-15(17-11)18-14-9-13(7-8-16-14)20-12-5-3-2-4-6-12/h2-10H,1H3,(H,16,17,18). The van der Waals surface area contributed by atoms with Crippen molar-refractivity contribution in [3.05, 3.63) is 59.7 Å². The molecule has 3 nitrogen and oxygen atoms in total. The lowest BCUT2D eigenvalue weighted by atomic mass is 10.4. The Hall–Kier alpha value is -1.85. The number of rotatable bonds is 4. The quantitative estimate of drug-likeness (QED) is 0.755. The molecule has 0 aliphatic heterocycles. The van der Waals surface area contributed by atoms with Gasteiger partial charge in [-0.25, -0.2) is 9.97 Å². The molecule has 3 aromatic rings. The van der Waals surface area contributed by atoms with Gasteiger partial charge in [0.2, 0.25) is 0 Å². The van der Waals surface area contributed by atoms with Crippen LogP contribution >= 0.6 is 23.1 Å². The first-order chi connectivity index (χ1) is 9.79. The zero-order valence-electron chi connectivity index (χ0n) is 10.9. The van der Waals surface area contributed by atoms with E-state index in [0.717, 1.165) is 21.5 Å². The summed E-state index contributed by atoms with van der Waals surface area (Å²) in [6, 6.07) is 14.4. The van der Waals surface area contributed by atoms with E-state index in [2.05, 4.69) is 27.4 Å². The number of aryl methyl sites for hydroxylation is 1. The van der Waals surface area contributed by atoms with Crippen LogP contribution in [-0.4, -0.2) is 9.97 Å². The predicted octanol–water partition coefficient (Wildman–Crippen LogP) is 4.74. The van der Waals surface area contributed by atoms with Crippen LogP contribution in [-0.2, 0) is 0 Å². The number of thiazole rings is 1. The third kappa shape index (κ3) is 3.37. The zero-order chi connectivity index (χ0) is 13.8. The molecule has 2 heterocycles. The molecule has 3 rings (SSSR count). The van der Waals surface area contributed by atoms with Crippen molar-refractivity contribution in [2.24, 2.45) is 0 Å². The normalized spacial score (nSPS) is 10.4. The topological polar surface area (TPSA) is 37.8 Å². The van der Waals surface area contributed by atoms with Gasteiger partial charge in [0.05, 0.1) is 5.69 Å². The van der Waals surface area contributed by atoms with Crippen LogP contribution in [0.2, 0.25) is 0 Å². The van der Waals surface area contributed by atoms with Crippen LogP contribution in [0.1, 0.15) is 5.69 Å². The first-order valence-corrected chi connectivity index (χ1v) is 7.87. The third-order valence-electron chi connectivity index (χ3n) is 2.56. The van der Waals surface area contributed by atoms with Crippen LogP contribution in [0.5, 0.6) is 0 Å². The van der Waals surface area contributed by atoms with E-state index < -0.39 is 0 Å². The minimum absolute atomic E-state index is 0.820. The highest BCUT2D eigenvalue weighted by Crippen LogP contribution is 2.29. The fourth-order valence-electron chi connectivity index (χ4n) is 1.69. The van der Waals surface area contributed by atoms with E-state index in [1.54, 1.807) is 23.1 Å². The number of hydrogen-bond donors (Lipinski definition) is 1. The molecule has 0 amide bonds. The van der Waals surface area contributed by atoms with Gasteiger partial charge in [0, 0.05) is 21.4 Å². The number of pyridine rings is 1. The maximum absolute atomic E-state index is 4.38. The molecule has 1 N–H and O–H groups in total. The summed E-state index contributed by atoms with van der Waals surface area (Å²) >= 11 is 3.31. The Morgan fingerprint density at radius 3 is 2.70 bits per heavy atom. The molecule has 0 spiro atoms. The van der Waals surface area contributed by atoms with Gasteiger partial charge in [-0.05, 0) is 31.2 Å². The van der Waals surface area contributed by atoms with Crippen LogP contribution < -0.4 is 5.32 Å². The minimum Gasteiger partial charge on any atom is -0.316 e. The molecule has 2 aromatic heterocycles. The monoisotopic (exact) mass is 299 g/mol. The molecule has 0 aliphatic carbocycles. The number of nitrogens with one attached hydrogen (secondary N) is 1. The number of benzene rings is 1. The van der Waals surface area contributed by atoms with Crippen LogP contribution in [0.15, 0.2) is 63.8 Å². The summed E-state index contributed by atoms with van der Waals surface area (Å²) in [4.78, 5) is 11.1. The molecule has 0 atom stereocenters. The molecule has 0 radical (unpaired) electrons. The molecule has 0 unspecified atom stereocenters. The number of aromatic nitrogens is 2. The fraction of sp³-hybridized carbons (Fsp3) is 0.0667. The molecular formula is C15H13N3S2. The molecule has 1 aromatic carbocycles. The van der Waals surface area contributed by atoms with E-state index in [4.69, 9.17) is 0 Å². The van der Waals surface area contributed by atoms with Gasteiger partial charge < -0.3 is 5.32 Å². The van der Waals surface area contributed by atoms with Crippen molar-refractivity contribution in [1.82, 2.24) is 9.97 Å². The summed E-state index contributed by atoms with van der Waals surface area (Å²) in [6.45, 7) is 1.98. The van der Waals surface area contributed by atoms with Gasteiger partial charge >= 0.3 is 0 Å². The molecule has 0 fully saturated rings. The van der Waals surface area contributed by atoms with Crippen molar-refractivity contribution in [2.45, 2.75) is 16.7 Å². The Labute approximate surface area is 126 Å². The summed E-state index contributed by atoms with van der Waals surface area (Å²) in [7, 11) is 0. The van der Waals surface area contributed by atoms with Crippen LogP contribution in [0.3, 0.4) is 0 Å². The molecule has 0 saturated carbocycles. The van der Waals surface area contributed by atoms with E-state index in [0.29, 0.717) is 0 Å². The minimum atomic E-state index is 0.820. The Morgan fingerprint density at radius 1 is 1.10 bits per heavy atom. The van der Waals surface area contributed by atoms with Crippen LogP contribution in [0, 0.1) is 6.92 Å². The van der Waals surface area contributed by atoms with Crippen molar-refractivity contribution >= 4 is 34.0 Å². The molecule has 100 valence electrons. The smallest absolute Gasteiger partial charge is 0.188 e. The van der Waals surface area contributed by atoms with Crippen molar-refractivity contribution in [1.29, 1.82) is 0 Å². The number of hydrogen-bond acceptors (Lipinski definition) is 5. The van der Waals surface area contributed by atoms with Gasteiger partial charge in [0.1, 0.15) is 5.82 Å². The summed E-state index contributed by atoms with van der Waals surface area (Å²) in [5, 5.41) is 6.12. The lowest BCUT2D eigenvalue weighted by Gasteiger charge is -2.05. The largest absolute Gasteiger partial charge is 0.316 e. The predicted molar refractivity (Wildman–Crippen MR) is 84.9 cm³/mol. The van der Waals surface area contributed by atoms with Crippen molar-refractivity contribution in [3.63, 3.8) is 0 Å². The van der Waals surface area contributed by atoms with Crippen LogP contribution in [0.4, 0.5) is 10.9 Å². The van der Waals surface area contributed by atoms with Gasteiger partial charge in [-0.1, -0.05) is 30.0 Å². The third-order valence-corrected chi connectivity index (χ3v) is 4.44. The Kier molecular flexibility index (Phi) is 3.99. The average Bonchev–Trinajstić information content (AvgIpc) is 2.86. The maximum atomic E-state index is 4.38. The fourth-order valence-corrected chi connectivity index (χ4v) is 3.25. The van der Waals surface area contributed by atoms with Gasteiger partial charge in [0.25, 0.3) is 0 Å². The summed E-state index contributed by atoms with van der Waals surface area (Å²) in [5.74, 6) is 0.820. The highest BCUT2D eigenvalue weighted by Gasteiger charge is 2.02. The molecule has 20 heavy (non-hydrogen) atoms. The van der Waals surface area contributed by atoms with Gasteiger partial charge in [0.15, 0.2) is 5.13 Å². The number of nitrogens with zero attached hydrogens (tertiary/aromatic N) is 2. The SMILES string of the molecule is Cc1csc(Nc2cc(Sc3ccccc3)ccn2)n1. The number of anilines is 2. The zero-order valence-corrected chi connectivity index (χ0v) is 12.5. The summed E-state index contributed by atoms with van der Waals surface area (Å²) < 4.78 is 0. The van der Waals surface area contributed by atoms with E-state index in [-0.39, 0.29) is 0 Å². The molecule has 0 aliphatic rings. The molecule has 5 heteroatoms. The van der Waals surface area contributed by atoms with E-state index in [1.165, 1.54) is 4.90 Å². The lowest BCUT2D eigenvalue weighted by molar-refractivity contribution is 1.22. The maximum Gasteiger partial charge on any atom is 0.188 e. The Morgan fingerprint density at radius 2 is 1.95 bits per heavy atom. The second-order valence-corrected chi connectivity index (χ2v) is 6.22. The van der Waals surface area contributed by atoms with Crippen LogP contribution in [0.25, 0.3) is 0 Å². The highest BCUT2D eigenvalue weighted by atomic mass is 32.2. The molecule has 0 saturated heterocycles. The Bertz CT molecular complexity index is 695. The van der Waals surface area contributed by atoms with Crippen molar-refractivity contribution in [3.8, 4) is 0 Å².